The molecule has 4 rings (SSSR count). The molecule has 0 amide bonds. The van der Waals surface area contributed by atoms with Gasteiger partial charge in [0.05, 0.1) is 40.8 Å². The Bertz CT molecular complexity index is 1460. The third-order valence-corrected chi connectivity index (χ3v) is 8.34. The standard InChI is InChI=1S/C25H34ClFN6O4S/c1-13(2)33-19-10-15(9-17(27)21(19)30-23(33)25(4,5)35)20-16(26)11-28-24(31-20)29-18-7-8-32(38(6,36)37)12-14(3)22(18)34/h9-11,13-14,18,22,34-35H,7-8,12H2,1-6H3,(H,28,29,31)/t14-,18+,22+/m1/s1. The summed E-state index contributed by atoms with van der Waals surface area (Å²) in [6.07, 6.45) is 2.04. The van der Waals surface area contributed by atoms with E-state index < -0.39 is 33.6 Å². The summed E-state index contributed by atoms with van der Waals surface area (Å²) in [6, 6.07) is 2.39. The van der Waals surface area contributed by atoms with Crippen LogP contribution in [0.25, 0.3) is 22.3 Å². The van der Waals surface area contributed by atoms with Crippen molar-refractivity contribution in [2.24, 2.45) is 5.92 Å². The van der Waals surface area contributed by atoms with Crippen molar-refractivity contribution in [3.05, 3.63) is 35.0 Å². The zero-order chi connectivity index (χ0) is 28.2. The molecule has 1 aliphatic rings. The Morgan fingerprint density at radius 1 is 1.26 bits per heavy atom. The van der Waals surface area contributed by atoms with Crippen LogP contribution in [0.5, 0.6) is 0 Å². The van der Waals surface area contributed by atoms with Crippen molar-refractivity contribution in [1.82, 2.24) is 23.8 Å². The fourth-order valence-corrected chi connectivity index (χ4v) is 6.02. The Morgan fingerprint density at radius 3 is 2.55 bits per heavy atom. The summed E-state index contributed by atoms with van der Waals surface area (Å²) in [7, 11) is -3.40. The fraction of sp³-hybridized carbons (Fsp3) is 0.560. The van der Waals surface area contributed by atoms with E-state index in [2.05, 4.69) is 20.3 Å². The quantitative estimate of drug-likeness (QED) is 0.411. The van der Waals surface area contributed by atoms with Crippen molar-refractivity contribution in [3.63, 3.8) is 0 Å². The first-order valence-electron chi connectivity index (χ1n) is 12.4. The molecule has 3 heterocycles. The number of benzene rings is 1. The minimum atomic E-state index is -3.40. The monoisotopic (exact) mass is 568 g/mol. The average Bonchev–Trinajstić information content (AvgIpc) is 3.15. The van der Waals surface area contributed by atoms with Crippen LogP contribution in [0.2, 0.25) is 5.02 Å². The van der Waals surface area contributed by atoms with E-state index in [1.807, 2.05) is 13.8 Å². The Morgan fingerprint density at radius 2 is 1.95 bits per heavy atom. The third-order valence-electron chi connectivity index (χ3n) is 6.79. The minimum Gasteiger partial charge on any atom is -0.391 e. The van der Waals surface area contributed by atoms with E-state index in [4.69, 9.17) is 11.6 Å². The van der Waals surface area contributed by atoms with Crippen LogP contribution in [0.1, 0.15) is 52.9 Å². The lowest BCUT2D eigenvalue weighted by Gasteiger charge is -2.25. The van der Waals surface area contributed by atoms with Crippen LogP contribution in [0.15, 0.2) is 18.3 Å². The van der Waals surface area contributed by atoms with Crippen molar-refractivity contribution in [2.45, 2.75) is 64.8 Å². The van der Waals surface area contributed by atoms with Gasteiger partial charge in [0.25, 0.3) is 0 Å². The molecule has 0 aliphatic carbocycles. The van der Waals surface area contributed by atoms with Gasteiger partial charge in [-0.3, -0.25) is 0 Å². The summed E-state index contributed by atoms with van der Waals surface area (Å²) < 4.78 is 42.6. The number of imidazole rings is 1. The second kappa shape index (κ2) is 10.3. The topological polar surface area (TPSA) is 133 Å². The van der Waals surface area contributed by atoms with E-state index in [9.17, 15) is 18.6 Å². The normalized spacial score (nSPS) is 21.7. The van der Waals surface area contributed by atoms with Gasteiger partial charge in [-0.05, 0) is 52.2 Å². The molecule has 3 atom stereocenters. The summed E-state index contributed by atoms with van der Waals surface area (Å²) >= 11 is 6.44. The van der Waals surface area contributed by atoms with Gasteiger partial charge in [-0.25, -0.2) is 32.1 Å². The highest BCUT2D eigenvalue weighted by atomic mass is 35.5. The predicted octanol–water partition coefficient (Wildman–Crippen LogP) is 3.54. The molecule has 208 valence electrons. The van der Waals surface area contributed by atoms with Crippen molar-refractivity contribution in [3.8, 4) is 11.3 Å². The summed E-state index contributed by atoms with van der Waals surface area (Å²) in [5.41, 5.74) is 0.00945. The second-order valence-electron chi connectivity index (χ2n) is 10.8. The molecule has 2 aromatic heterocycles. The second-order valence-corrected chi connectivity index (χ2v) is 13.2. The van der Waals surface area contributed by atoms with Crippen LogP contribution in [0.4, 0.5) is 10.3 Å². The number of aromatic nitrogens is 4. The number of nitrogens with one attached hydrogen (secondary N) is 1. The van der Waals surface area contributed by atoms with Crippen LogP contribution < -0.4 is 5.32 Å². The fourth-order valence-electron chi connectivity index (χ4n) is 4.88. The van der Waals surface area contributed by atoms with Crippen LogP contribution in [-0.4, -0.2) is 73.9 Å². The molecule has 10 nitrogen and oxygen atoms in total. The van der Waals surface area contributed by atoms with Crippen molar-refractivity contribution < 1.29 is 23.0 Å². The van der Waals surface area contributed by atoms with Crippen molar-refractivity contribution in [1.29, 1.82) is 0 Å². The number of sulfonamides is 1. The summed E-state index contributed by atoms with van der Waals surface area (Å²) in [5, 5.41) is 24.8. The van der Waals surface area contributed by atoms with Gasteiger partial charge < -0.3 is 20.1 Å². The maximum absolute atomic E-state index is 15.3. The number of fused-ring (bicyclic) bond motifs is 1. The molecule has 0 bridgehead atoms. The Kier molecular flexibility index (Phi) is 7.76. The highest BCUT2D eigenvalue weighted by Gasteiger charge is 2.34. The predicted molar refractivity (Wildman–Crippen MR) is 145 cm³/mol. The first-order chi connectivity index (χ1) is 17.6. The van der Waals surface area contributed by atoms with Gasteiger partial charge in [0.15, 0.2) is 5.82 Å². The van der Waals surface area contributed by atoms with Gasteiger partial charge in [0.1, 0.15) is 16.9 Å². The molecule has 0 saturated carbocycles. The Balaban J connectivity index is 1.73. The lowest BCUT2D eigenvalue weighted by molar-refractivity contribution is 0.0641. The van der Waals surface area contributed by atoms with Gasteiger partial charge in [-0.1, -0.05) is 18.5 Å². The summed E-state index contributed by atoms with van der Waals surface area (Å²) in [6.45, 7) is 9.28. The number of aliphatic hydroxyl groups is 2. The van der Waals surface area contributed by atoms with E-state index in [1.54, 1.807) is 31.4 Å². The van der Waals surface area contributed by atoms with Crippen LogP contribution >= 0.6 is 11.6 Å². The first kappa shape index (κ1) is 28.6. The molecule has 3 N–H and O–H groups in total. The lowest BCUT2D eigenvalue weighted by atomic mass is 9.98. The van der Waals surface area contributed by atoms with E-state index in [0.29, 0.717) is 23.3 Å². The smallest absolute Gasteiger partial charge is 0.223 e. The van der Waals surface area contributed by atoms with Gasteiger partial charge >= 0.3 is 0 Å². The zero-order valence-electron chi connectivity index (χ0n) is 22.3. The minimum absolute atomic E-state index is 0.112. The highest BCUT2D eigenvalue weighted by molar-refractivity contribution is 7.88. The van der Waals surface area contributed by atoms with E-state index in [0.717, 1.165) is 6.26 Å². The van der Waals surface area contributed by atoms with Gasteiger partial charge in [-0.15, -0.1) is 0 Å². The van der Waals surface area contributed by atoms with Crippen LogP contribution in [0, 0.1) is 11.7 Å². The average molecular weight is 569 g/mol. The molecule has 13 heteroatoms. The molecule has 1 saturated heterocycles. The third kappa shape index (κ3) is 5.64. The van der Waals surface area contributed by atoms with Crippen molar-refractivity contribution in [2.75, 3.05) is 24.7 Å². The molecule has 38 heavy (non-hydrogen) atoms. The molecule has 1 aliphatic heterocycles. The van der Waals surface area contributed by atoms with Gasteiger partial charge in [0.2, 0.25) is 16.0 Å². The number of aliphatic hydroxyl groups excluding tert-OH is 1. The largest absolute Gasteiger partial charge is 0.391 e. The molecular formula is C25H34ClFN6O4S. The van der Waals surface area contributed by atoms with E-state index in [-0.39, 0.29) is 47.2 Å². The molecule has 1 aromatic carbocycles. The highest BCUT2D eigenvalue weighted by Crippen LogP contribution is 2.35. The van der Waals surface area contributed by atoms with Crippen LogP contribution in [-0.2, 0) is 15.6 Å². The number of hydrogen-bond donors (Lipinski definition) is 3. The molecule has 3 aromatic rings. The molecule has 0 unspecified atom stereocenters. The summed E-state index contributed by atoms with van der Waals surface area (Å²) in [5.74, 6) is -0.396. The first-order valence-corrected chi connectivity index (χ1v) is 14.7. The SMILES string of the molecule is CC(C)n1c(C(C)(C)O)nc2c(F)cc(-c3nc(N[C@H]4CCN(S(C)(=O)=O)C[C@@H](C)[C@@H]4O)ncc3Cl)cc21. The van der Waals surface area contributed by atoms with E-state index in [1.165, 1.54) is 16.6 Å². The van der Waals surface area contributed by atoms with Gasteiger partial charge in [0, 0.05) is 24.7 Å². The number of rotatable bonds is 6. The summed E-state index contributed by atoms with van der Waals surface area (Å²) in [4.78, 5) is 13.2. The number of hydrogen-bond acceptors (Lipinski definition) is 8. The van der Waals surface area contributed by atoms with E-state index >= 15 is 4.39 Å². The lowest BCUT2D eigenvalue weighted by Crippen LogP contribution is -2.39. The van der Waals surface area contributed by atoms with Gasteiger partial charge in [-0.2, -0.15) is 0 Å². The Hall–Kier alpha value is -2.38. The molecule has 0 radical (unpaired) electrons. The number of nitrogens with zero attached hydrogens (tertiary/aromatic N) is 5. The number of anilines is 1. The van der Waals surface area contributed by atoms with Crippen LogP contribution in [0.3, 0.4) is 0 Å². The molecule has 0 spiro atoms. The number of halogens is 2. The maximum Gasteiger partial charge on any atom is 0.223 e. The molecular weight excluding hydrogens is 535 g/mol. The maximum atomic E-state index is 15.3. The zero-order valence-corrected chi connectivity index (χ0v) is 23.8. The molecule has 1 fully saturated rings. The Labute approximate surface area is 226 Å². The van der Waals surface area contributed by atoms with Crippen molar-refractivity contribution >= 4 is 38.6 Å².